The lowest BCUT2D eigenvalue weighted by atomic mass is 10.0. The van der Waals surface area contributed by atoms with Crippen LogP contribution in [0.3, 0.4) is 0 Å². The molecule has 66 valence electrons. The molecule has 0 bridgehead atoms. The Balaban J connectivity index is 2.82. The van der Waals surface area contributed by atoms with Gasteiger partial charge in [0.25, 0.3) is 0 Å². The second-order valence-corrected chi connectivity index (χ2v) is 4.14. The van der Waals surface area contributed by atoms with E-state index in [0.29, 0.717) is 5.92 Å². The summed E-state index contributed by atoms with van der Waals surface area (Å²) in [6.07, 6.45) is 3.48. The summed E-state index contributed by atoms with van der Waals surface area (Å²) in [6, 6.07) is -0.00509. The fraction of sp³-hybridized carbons (Fsp3) is 0.500. The molecule has 4 heteroatoms. The molecule has 0 spiro atoms. The molecule has 0 aliphatic carbocycles. The van der Waals surface area contributed by atoms with Gasteiger partial charge in [-0.25, -0.2) is 4.98 Å². The normalized spacial score (nSPS) is 13.4. The van der Waals surface area contributed by atoms with Crippen LogP contribution in [0.25, 0.3) is 0 Å². The summed E-state index contributed by atoms with van der Waals surface area (Å²) < 4.78 is 0.896. The minimum absolute atomic E-state index is 0.00509. The summed E-state index contributed by atoms with van der Waals surface area (Å²) in [5.74, 6) is 0.402. The molecule has 1 aromatic heterocycles. The molecule has 0 aromatic carbocycles. The minimum atomic E-state index is -0.00509. The Bertz CT molecular complexity index is 245. The SMILES string of the molecule is CC(C)C(N)c1cnc(I)cn1. The monoisotopic (exact) mass is 277 g/mol. The summed E-state index contributed by atoms with van der Waals surface area (Å²) in [5.41, 5.74) is 6.75. The Hall–Kier alpha value is -0.230. The van der Waals surface area contributed by atoms with E-state index < -0.39 is 0 Å². The van der Waals surface area contributed by atoms with E-state index in [4.69, 9.17) is 5.73 Å². The van der Waals surface area contributed by atoms with Crippen LogP contribution in [-0.2, 0) is 0 Å². The molecule has 0 fully saturated rings. The van der Waals surface area contributed by atoms with Gasteiger partial charge in [-0.1, -0.05) is 13.8 Å². The number of nitrogens with zero attached hydrogens (tertiary/aromatic N) is 2. The lowest BCUT2D eigenvalue weighted by Crippen LogP contribution is -2.18. The Morgan fingerprint density at radius 2 is 2.00 bits per heavy atom. The van der Waals surface area contributed by atoms with Gasteiger partial charge in [0, 0.05) is 0 Å². The van der Waals surface area contributed by atoms with Crippen molar-refractivity contribution in [3.63, 3.8) is 0 Å². The van der Waals surface area contributed by atoms with Crippen molar-refractivity contribution in [3.05, 3.63) is 21.8 Å². The smallest absolute Gasteiger partial charge is 0.119 e. The number of hydrogen-bond donors (Lipinski definition) is 1. The molecule has 1 heterocycles. The first kappa shape index (κ1) is 9.85. The van der Waals surface area contributed by atoms with Gasteiger partial charge in [-0.3, -0.25) is 4.98 Å². The molecule has 0 amide bonds. The van der Waals surface area contributed by atoms with Crippen molar-refractivity contribution >= 4 is 22.6 Å². The first-order valence-electron chi connectivity index (χ1n) is 3.84. The second kappa shape index (κ2) is 4.13. The zero-order chi connectivity index (χ0) is 9.14. The maximum atomic E-state index is 5.88. The van der Waals surface area contributed by atoms with Crippen molar-refractivity contribution in [1.82, 2.24) is 9.97 Å². The van der Waals surface area contributed by atoms with Gasteiger partial charge in [0.2, 0.25) is 0 Å². The molecular weight excluding hydrogens is 265 g/mol. The lowest BCUT2D eigenvalue weighted by molar-refractivity contribution is 0.501. The van der Waals surface area contributed by atoms with E-state index in [1.54, 1.807) is 12.4 Å². The average Bonchev–Trinajstić information content (AvgIpc) is 2.04. The van der Waals surface area contributed by atoms with Gasteiger partial charge >= 0.3 is 0 Å². The quantitative estimate of drug-likeness (QED) is 0.838. The summed E-state index contributed by atoms with van der Waals surface area (Å²) in [4.78, 5) is 8.33. The number of nitrogens with two attached hydrogens (primary N) is 1. The van der Waals surface area contributed by atoms with Crippen molar-refractivity contribution in [2.24, 2.45) is 11.7 Å². The highest BCUT2D eigenvalue weighted by Crippen LogP contribution is 2.15. The van der Waals surface area contributed by atoms with Gasteiger partial charge in [-0.05, 0) is 28.5 Å². The van der Waals surface area contributed by atoms with Crippen molar-refractivity contribution in [2.45, 2.75) is 19.9 Å². The average molecular weight is 277 g/mol. The molecule has 1 atom stereocenters. The molecule has 0 radical (unpaired) electrons. The number of rotatable bonds is 2. The molecule has 2 N–H and O–H groups in total. The zero-order valence-electron chi connectivity index (χ0n) is 7.16. The Morgan fingerprint density at radius 3 is 2.42 bits per heavy atom. The van der Waals surface area contributed by atoms with E-state index in [1.165, 1.54) is 0 Å². The van der Waals surface area contributed by atoms with Crippen LogP contribution >= 0.6 is 22.6 Å². The van der Waals surface area contributed by atoms with E-state index in [0.717, 1.165) is 9.39 Å². The van der Waals surface area contributed by atoms with E-state index in [-0.39, 0.29) is 6.04 Å². The molecule has 0 aliphatic rings. The van der Waals surface area contributed by atoms with Crippen molar-refractivity contribution in [2.75, 3.05) is 0 Å². The third-order valence-electron chi connectivity index (χ3n) is 1.70. The van der Waals surface area contributed by atoms with Crippen LogP contribution in [0.5, 0.6) is 0 Å². The highest BCUT2D eigenvalue weighted by Gasteiger charge is 2.11. The van der Waals surface area contributed by atoms with Crippen LogP contribution in [0.4, 0.5) is 0 Å². The number of hydrogen-bond acceptors (Lipinski definition) is 3. The molecule has 1 rings (SSSR count). The van der Waals surface area contributed by atoms with Gasteiger partial charge < -0.3 is 5.73 Å². The maximum absolute atomic E-state index is 5.88. The van der Waals surface area contributed by atoms with Gasteiger partial charge in [0.05, 0.1) is 24.1 Å². The zero-order valence-corrected chi connectivity index (χ0v) is 9.32. The van der Waals surface area contributed by atoms with E-state index in [1.807, 2.05) is 0 Å². The van der Waals surface area contributed by atoms with Crippen LogP contribution in [0.15, 0.2) is 12.4 Å². The molecular formula is C8H12IN3. The summed E-state index contributed by atoms with van der Waals surface area (Å²) in [5, 5.41) is 0. The molecule has 0 saturated carbocycles. The molecule has 1 unspecified atom stereocenters. The lowest BCUT2D eigenvalue weighted by Gasteiger charge is -2.13. The fourth-order valence-corrected chi connectivity index (χ4v) is 1.11. The minimum Gasteiger partial charge on any atom is -0.322 e. The Labute approximate surface area is 85.9 Å². The van der Waals surface area contributed by atoms with Gasteiger partial charge in [-0.15, -0.1) is 0 Å². The summed E-state index contributed by atoms with van der Waals surface area (Å²) in [7, 11) is 0. The highest BCUT2D eigenvalue weighted by molar-refractivity contribution is 14.1. The summed E-state index contributed by atoms with van der Waals surface area (Å²) in [6.45, 7) is 4.15. The Kier molecular flexibility index (Phi) is 3.39. The van der Waals surface area contributed by atoms with Crippen LogP contribution in [0.2, 0.25) is 0 Å². The van der Waals surface area contributed by atoms with Crippen LogP contribution in [0, 0.1) is 9.62 Å². The first-order valence-corrected chi connectivity index (χ1v) is 4.92. The van der Waals surface area contributed by atoms with Crippen LogP contribution in [-0.4, -0.2) is 9.97 Å². The Morgan fingerprint density at radius 1 is 1.33 bits per heavy atom. The molecule has 0 aliphatic heterocycles. The van der Waals surface area contributed by atoms with Gasteiger partial charge in [0.1, 0.15) is 3.70 Å². The van der Waals surface area contributed by atoms with E-state index in [2.05, 4.69) is 46.4 Å². The third-order valence-corrected chi connectivity index (χ3v) is 2.26. The first-order chi connectivity index (χ1) is 5.61. The standard InChI is InChI=1S/C8H12IN3/c1-5(2)8(10)6-3-12-7(9)4-11-6/h3-5,8H,10H2,1-2H3. The summed E-state index contributed by atoms with van der Waals surface area (Å²) >= 11 is 2.12. The third kappa shape index (κ3) is 2.38. The predicted molar refractivity (Wildman–Crippen MR) is 56.5 cm³/mol. The van der Waals surface area contributed by atoms with Crippen molar-refractivity contribution in [3.8, 4) is 0 Å². The van der Waals surface area contributed by atoms with Crippen LogP contribution < -0.4 is 5.73 Å². The molecule has 1 aromatic rings. The fourth-order valence-electron chi connectivity index (χ4n) is 0.836. The molecule has 3 nitrogen and oxygen atoms in total. The largest absolute Gasteiger partial charge is 0.322 e. The highest BCUT2D eigenvalue weighted by atomic mass is 127. The topological polar surface area (TPSA) is 51.8 Å². The number of aromatic nitrogens is 2. The van der Waals surface area contributed by atoms with E-state index in [9.17, 15) is 0 Å². The van der Waals surface area contributed by atoms with Crippen LogP contribution in [0.1, 0.15) is 25.6 Å². The molecule has 12 heavy (non-hydrogen) atoms. The predicted octanol–water partition coefficient (Wildman–Crippen LogP) is 1.74. The van der Waals surface area contributed by atoms with Gasteiger partial charge in [-0.2, -0.15) is 0 Å². The maximum Gasteiger partial charge on any atom is 0.119 e. The number of halogens is 1. The van der Waals surface area contributed by atoms with Crippen molar-refractivity contribution < 1.29 is 0 Å². The second-order valence-electron chi connectivity index (χ2n) is 3.03. The van der Waals surface area contributed by atoms with Crippen molar-refractivity contribution in [1.29, 1.82) is 0 Å². The van der Waals surface area contributed by atoms with Gasteiger partial charge in [0.15, 0.2) is 0 Å². The molecule has 0 saturated heterocycles. The van der Waals surface area contributed by atoms with E-state index >= 15 is 0 Å².